The molecule has 7 heteroatoms. The van der Waals surface area contributed by atoms with Gasteiger partial charge in [-0.2, -0.15) is 0 Å². The molecule has 1 aliphatic heterocycles. The van der Waals surface area contributed by atoms with Gasteiger partial charge in [-0.05, 0) is 78.4 Å². The quantitative estimate of drug-likeness (QED) is 0.319. The molecule has 7 nitrogen and oxygen atoms in total. The van der Waals surface area contributed by atoms with Gasteiger partial charge in [-0.15, -0.1) is 0 Å². The zero-order valence-corrected chi connectivity index (χ0v) is 20.6. The fraction of sp³-hybridized carbons (Fsp3) is 0.167. The number of aromatic amines is 1. The number of benzene rings is 3. The average Bonchev–Trinajstić information content (AvgIpc) is 3.60. The van der Waals surface area contributed by atoms with Crippen LogP contribution >= 0.6 is 0 Å². The van der Waals surface area contributed by atoms with E-state index in [1.165, 1.54) is 6.08 Å². The van der Waals surface area contributed by atoms with E-state index < -0.39 is 5.91 Å². The van der Waals surface area contributed by atoms with Crippen molar-refractivity contribution in [3.63, 3.8) is 0 Å². The van der Waals surface area contributed by atoms with Crippen LogP contribution in [0.25, 0.3) is 33.3 Å². The van der Waals surface area contributed by atoms with Crippen molar-refractivity contribution in [1.29, 1.82) is 0 Å². The highest BCUT2D eigenvalue weighted by Gasteiger charge is 2.20. The van der Waals surface area contributed by atoms with E-state index in [4.69, 9.17) is 5.73 Å². The molecule has 0 aliphatic carbocycles. The molecular formula is C30H28N4O3. The minimum Gasteiger partial charge on any atom is -0.366 e. The molecule has 1 aliphatic rings. The van der Waals surface area contributed by atoms with Gasteiger partial charge >= 0.3 is 0 Å². The molecule has 0 spiro atoms. The third-order valence-electron chi connectivity index (χ3n) is 6.96. The van der Waals surface area contributed by atoms with Crippen molar-refractivity contribution < 1.29 is 14.4 Å². The molecule has 2 heterocycles. The van der Waals surface area contributed by atoms with E-state index in [0.29, 0.717) is 22.3 Å². The molecule has 1 fully saturated rings. The van der Waals surface area contributed by atoms with Crippen LogP contribution in [-0.2, 0) is 4.79 Å². The number of amides is 3. The number of nitrogens with zero attached hydrogens (tertiary/aromatic N) is 1. The smallest absolute Gasteiger partial charge is 0.253 e. The summed E-state index contributed by atoms with van der Waals surface area (Å²) in [6.07, 6.45) is 3.33. The largest absolute Gasteiger partial charge is 0.366 e. The van der Waals surface area contributed by atoms with Crippen molar-refractivity contribution in [1.82, 2.24) is 9.88 Å². The fourth-order valence-corrected chi connectivity index (χ4v) is 4.96. The summed E-state index contributed by atoms with van der Waals surface area (Å²) in [5, 5.41) is 3.68. The number of rotatable bonds is 6. The molecule has 3 amide bonds. The van der Waals surface area contributed by atoms with E-state index >= 15 is 0 Å². The minimum atomic E-state index is -0.528. The van der Waals surface area contributed by atoms with Gasteiger partial charge < -0.3 is 20.9 Å². The second-order valence-corrected chi connectivity index (χ2v) is 9.24. The third kappa shape index (κ3) is 4.51. The van der Waals surface area contributed by atoms with Gasteiger partial charge in [0.15, 0.2) is 0 Å². The lowest BCUT2D eigenvalue weighted by Gasteiger charge is -2.15. The number of primary amides is 1. The molecule has 0 unspecified atom stereocenters. The Kier molecular flexibility index (Phi) is 6.36. The molecule has 5 rings (SSSR count). The number of fused-ring (bicyclic) bond motifs is 1. The number of nitrogens with two attached hydrogens (primary N) is 1. The van der Waals surface area contributed by atoms with Crippen LogP contribution in [0.2, 0.25) is 0 Å². The first-order valence-electron chi connectivity index (χ1n) is 12.3. The Labute approximate surface area is 215 Å². The fourth-order valence-electron chi connectivity index (χ4n) is 4.96. The van der Waals surface area contributed by atoms with Crippen molar-refractivity contribution in [3.8, 4) is 22.4 Å². The van der Waals surface area contributed by atoms with Gasteiger partial charge in [0.1, 0.15) is 0 Å². The lowest BCUT2D eigenvalue weighted by molar-refractivity contribution is -0.111. The monoisotopic (exact) mass is 492 g/mol. The van der Waals surface area contributed by atoms with E-state index in [1.807, 2.05) is 66.4 Å². The zero-order valence-electron chi connectivity index (χ0n) is 20.6. The van der Waals surface area contributed by atoms with Crippen molar-refractivity contribution in [3.05, 3.63) is 90.0 Å². The SMILES string of the molecule is C=CC(=O)Nc1cccc(-c2ccc(C(N)=O)c3[nH]c(-c4ccc(C(=O)N5CCCC5)cc4)cc23)c1C. The van der Waals surface area contributed by atoms with Crippen LogP contribution in [0, 0.1) is 6.92 Å². The van der Waals surface area contributed by atoms with Crippen LogP contribution in [0.4, 0.5) is 5.69 Å². The normalized spacial score (nSPS) is 13.1. The lowest BCUT2D eigenvalue weighted by atomic mass is 9.94. The summed E-state index contributed by atoms with van der Waals surface area (Å²) < 4.78 is 0. The maximum atomic E-state index is 12.7. The summed E-state index contributed by atoms with van der Waals surface area (Å²) >= 11 is 0. The first kappa shape index (κ1) is 24.1. The number of H-pyrrole nitrogens is 1. The number of carbonyl (C=O) groups is 3. The number of hydrogen-bond acceptors (Lipinski definition) is 3. The number of aromatic nitrogens is 1. The lowest BCUT2D eigenvalue weighted by Crippen LogP contribution is -2.27. The topological polar surface area (TPSA) is 108 Å². The summed E-state index contributed by atoms with van der Waals surface area (Å²) in [5.41, 5.74) is 12.5. The van der Waals surface area contributed by atoms with Gasteiger partial charge in [-0.1, -0.05) is 36.9 Å². The van der Waals surface area contributed by atoms with Gasteiger partial charge in [0.05, 0.1) is 11.1 Å². The molecular weight excluding hydrogens is 464 g/mol. The van der Waals surface area contributed by atoms with E-state index in [-0.39, 0.29) is 11.8 Å². The molecule has 0 radical (unpaired) electrons. The van der Waals surface area contributed by atoms with Crippen LogP contribution in [-0.4, -0.2) is 40.7 Å². The Hall–Kier alpha value is -4.65. The average molecular weight is 493 g/mol. The van der Waals surface area contributed by atoms with Crippen LogP contribution in [0.1, 0.15) is 39.1 Å². The molecule has 0 saturated carbocycles. The highest BCUT2D eigenvalue weighted by atomic mass is 16.2. The Morgan fingerprint density at radius 3 is 2.41 bits per heavy atom. The molecule has 0 bridgehead atoms. The maximum absolute atomic E-state index is 12.7. The Bertz CT molecular complexity index is 1540. The highest BCUT2D eigenvalue weighted by molar-refractivity contribution is 6.11. The van der Waals surface area contributed by atoms with Crippen LogP contribution in [0.3, 0.4) is 0 Å². The van der Waals surface area contributed by atoms with Gasteiger partial charge in [-0.3, -0.25) is 14.4 Å². The zero-order chi connectivity index (χ0) is 26.1. The second-order valence-electron chi connectivity index (χ2n) is 9.24. The second kappa shape index (κ2) is 9.78. The van der Waals surface area contributed by atoms with E-state index in [2.05, 4.69) is 16.9 Å². The Morgan fingerprint density at radius 1 is 1.00 bits per heavy atom. The standard InChI is InChI=1S/C30H28N4O3/c1-3-27(35)32-25-8-6-7-21(18(25)2)22-13-14-23(29(31)36)28-24(22)17-26(33-28)19-9-11-20(12-10-19)30(37)34-15-4-5-16-34/h3,6-14,17,33H,1,4-5,15-16H2,2H3,(H2,31,36)(H,32,35). The maximum Gasteiger partial charge on any atom is 0.253 e. The molecule has 0 atom stereocenters. The summed E-state index contributed by atoms with van der Waals surface area (Å²) in [7, 11) is 0. The first-order chi connectivity index (χ1) is 17.9. The number of carbonyl (C=O) groups excluding carboxylic acids is 3. The highest BCUT2D eigenvalue weighted by Crippen LogP contribution is 2.37. The van der Waals surface area contributed by atoms with E-state index in [0.717, 1.165) is 59.3 Å². The number of anilines is 1. The van der Waals surface area contributed by atoms with E-state index in [9.17, 15) is 14.4 Å². The minimum absolute atomic E-state index is 0.0536. The Morgan fingerprint density at radius 2 is 1.73 bits per heavy atom. The van der Waals surface area contributed by atoms with Crippen LogP contribution in [0.5, 0.6) is 0 Å². The van der Waals surface area contributed by atoms with Crippen molar-refractivity contribution >= 4 is 34.3 Å². The van der Waals surface area contributed by atoms with Crippen molar-refractivity contribution in [2.75, 3.05) is 18.4 Å². The molecule has 3 aromatic carbocycles. The molecule has 4 aromatic rings. The summed E-state index contributed by atoms with van der Waals surface area (Å²) in [6, 6.07) is 18.8. The molecule has 1 saturated heterocycles. The summed E-state index contributed by atoms with van der Waals surface area (Å²) in [5.74, 6) is -0.761. The van der Waals surface area contributed by atoms with Gasteiger partial charge in [-0.25, -0.2) is 0 Å². The van der Waals surface area contributed by atoms with Crippen LogP contribution < -0.4 is 11.1 Å². The molecule has 4 N–H and O–H groups in total. The van der Waals surface area contributed by atoms with Gasteiger partial charge in [0.25, 0.3) is 11.8 Å². The Balaban J connectivity index is 1.58. The third-order valence-corrected chi connectivity index (χ3v) is 6.96. The molecule has 1 aromatic heterocycles. The predicted octanol–water partition coefficient (Wildman–Crippen LogP) is 5.27. The van der Waals surface area contributed by atoms with E-state index in [1.54, 1.807) is 6.07 Å². The summed E-state index contributed by atoms with van der Waals surface area (Å²) in [4.78, 5) is 42.1. The molecule has 37 heavy (non-hydrogen) atoms. The van der Waals surface area contributed by atoms with Crippen LogP contribution in [0.15, 0.2) is 73.3 Å². The first-order valence-corrected chi connectivity index (χ1v) is 12.3. The number of hydrogen-bond donors (Lipinski definition) is 3. The number of likely N-dealkylation sites (tertiary alicyclic amines) is 1. The molecule has 186 valence electrons. The van der Waals surface area contributed by atoms with Gasteiger partial charge in [0.2, 0.25) is 5.91 Å². The van der Waals surface area contributed by atoms with Crippen molar-refractivity contribution in [2.45, 2.75) is 19.8 Å². The van der Waals surface area contributed by atoms with Crippen molar-refractivity contribution in [2.24, 2.45) is 5.73 Å². The number of nitrogens with one attached hydrogen (secondary N) is 2. The van der Waals surface area contributed by atoms with Gasteiger partial charge in [0, 0.05) is 35.4 Å². The summed E-state index contributed by atoms with van der Waals surface area (Å²) in [6.45, 7) is 7.07. The predicted molar refractivity (Wildman–Crippen MR) is 146 cm³/mol.